The molecule has 0 saturated heterocycles. The number of carbonyl (C=O) groups excluding carboxylic acids is 1. The Morgan fingerprint density at radius 2 is 1.50 bits per heavy atom. The fraction of sp³-hybridized carbons (Fsp3) is 0.800. The topological polar surface area (TPSA) is 94.9 Å². The molecular formula is C15H24F3NO5. The summed E-state index contributed by atoms with van der Waals surface area (Å²) in [6.45, 7) is 3.04. The number of nitrogens with zero attached hydrogens (tertiary/aromatic N) is 1. The Morgan fingerprint density at radius 3 is 1.88 bits per heavy atom. The SMILES string of the molecule is CCCCN(C(=O)C(F)(F)F)[C@@](CCCC)(CCC(=O)O)C(=O)O. The van der Waals surface area contributed by atoms with Crippen molar-refractivity contribution in [2.45, 2.75) is 70.5 Å². The largest absolute Gasteiger partial charge is 0.481 e. The lowest BCUT2D eigenvalue weighted by atomic mass is 9.85. The maximum Gasteiger partial charge on any atom is 0.471 e. The molecule has 0 aliphatic heterocycles. The third-order valence-electron chi connectivity index (χ3n) is 3.83. The summed E-state index contributed by atoms with van der Waals surface area (Å²) in [6, 6.07) is 0. The number of hydrogen-bond donors (Lipinski definition) is 2. The molecule has 1 amide bonds. The molecule has 0 bridgehead atoms. The van der Waals surface area contributed by atoms with Gasteiger partial charge in [0.1, 0.15) is 5.54 Å². The summed E-state index contributed by atoms with van der Waals surface area (Å²) in [5, 5.41) is 18.4. The lowest BCUT2D eigenvalue weighted by Crippen LogP contribution is -2.60. The highest BCUT2D eigenvalue weighted by molar-refractivity contribution is 5.90. The summed E-state index contributed by atoms with van der Waals surface area (Å²) < 4.78 is 38.8. The van der Waals surface area contributed by atoms with Crippen LogP contribution < -0.4 is 0 Å². The lowest BCUT2D eigenvalue weighted by molar-refractivity contribution is -0.196. The van der Waals surface area contributed by atoms with Crippen molar-refractivity contribution in [3.05, 3.63) is 0 Å². The Morgan fingerprint density at radius 1 is 0.958 bits per heavy atom. The molecule has 0 heterocycles. The van der Waals surface area contributed by atoms with Crippen molar-refractivity contribution in [3.63, 3.8) is 0 Å². The van der Waals surface area contributed by atoms with Gasteiger partial charge in [-0.3, -0.25) is 9.59 Å². The summed E-state index contributed by atoms with van der Waals surface area (Å²) in [5.74, 6) is -5.17. The molecule has 1 atom stereocenters. The van der Waals surface area contributed by atoms with Crippen LogP contribution in [-0.4, -0.2) is 51.2 Å². The van der Waals surface area contributed by atoms with Gasteiger partial charge >= 0.3 is 24.0 Å². The molecule has 2 N–H and O–H groups in total. The van der Waals surface area contributed by atoms with Gasteiger partial charge < -0.3 is 15.1 Å². The first-order chi connectivity index (χ1) is 11.0. The van der Waals surface area contributed by atoms with Crippen LogP contribution in [0, 0.1) is 0 Å². The van der Waals surface area contributed by atoms with Gasteiger partial charge in [0.25, 0.3) is 0 Å². The first kappa shape index (κ1) is 22.2. The first-order valence-corrected chi connectivity index (χ1v) is 7.86. The van der Waals surface area contributed by atoms with E-state index in [0.717, 1.165) is 0 Å². The third kappa shape index (κ3) is 6.01. The predicted octanol–water partition coefficient (Wildman–Crippen LogP) is 3.06. The first-order valence-electron chi connectivity index (χ1n) is 7.86. The molecule has 0 unspecified atom stereocenters. The van der Waals surface area contributed by atoms with E-state index >= 15 is 0 Å². The normalized spacial score (nSPS) is 14.0. The average Bonchev–Trinajstić information content (AvgIpc) is 2.47. The summed E-state index contributed by atoms with van der Waals surface area (Å²) in [6.07, 6.45) is -5.22. The van der Waals surface area contributed by atoms with Crippen molar-refractivity contribution in [2.75, 3.05) is 6.54 Å². The van der Waals surface area contributed by atoms with E-state index < -0.39 is 42.4 Å². The average molecular weight is 355 g/mol. The number of aliphatic carboxylic acids is 2. The molecule has 0 aliphatic carbocycles. The zero-order valence-electron chi connectivity index (χ0n) is 13.9. The second-order valence-electron chi connectivity index (χ2n) is 5.64. The molecule has 9 heteroatoms. The van der Waals surface area contributed by atoms with Crippen LogP contribution in [-0.2, 0) is 14.4 Å². The number of carboxylic acid groups (broad SMARTS) is 2. The van der Waals surface area contributed by atoms with E-state index in [9.17, 15) is 32.7 Å². The van der Waals surface area contributed by atoms with Crippen LogP contribution in [0.2, 0.25) is 0 Å². The van der Waals surface area contributed by atoms with Crippen LogP contribution in [0.15, 0.2) is 0 Å². The highest BCUT2D eigenvalue weighted by Gasteiger charge is 2.53. The van der Waals surface area contributed by atoms with Crippen molar-refractivity contribution < 1.29 is 37.8 Å². The van der Waals surface area contributed by atoms with Crippen LogP contribution in [0.1, 0.15) is 58.8 Å². The zero-order chi connectivity index (χ0) is 19.0. The molecule has 0 fully saturated rings. The van der Waals surface area contributed by atoms with Crippen LogP contribution in [0.3, 0.4) is 0 Å². The number of amides is 1. The van der Waals surface area contributed by atoms with Crippen LogP contribution >= 0.6 is 0 Å². The van der Waals surface area contributed by atoms with Gasteiger partial charge in [-0.1, -0.05) is 33.1 Å². The van der Waals surface area contributed by atoms with Crippen LogP contribution in [0.25, 0.3) is 0 Å². The number of rotatable bonds is 11. The van der Waals surface area contributed by atoms with E-state index in [4.69, 9.17) is 5.11 Å². The second-order valence-corrected chi connectivity index (χ2v) is 5.64. The van der Waals surface area contributed by atoms with Crippen molar-refractivity contribution in [1.82, 2.24) is 4.90 Å². The third-order valence-corrected chi connectivity index (χ3v) is 3.83. The molecule has 140 valence electrons. The van der Waals surface area contributed by atoms with Crippen molar-refractivity contribution in [1.29, 1.82) is 0 Å². The Bertz CT molecular complexity index is 453. The molecule has 0 radical (unpaired) electrons. The van der Waals surface area contributed by atoms with E-state index in [1.54, 1.807) is 13.8 Å². The van der Waals surface area contributed by atoms with Crippen LogP contribution in [0.4, 0.5) is 13.2 Å². The number of hydrogen-bond acceptors (Lipinski definition) is 3. The van der Waals surface area contributed by atoms with E-state index in [1.807, 2.05) is 0 Å². The van der Waals surface area contributed by atoms with Gasteiger partial charge in [0.2, 0.25) is 0 Å². The van der Waals surface area contributed by atoms with Gasteiger partial charge in [-0.05, 0) is 19.3 Å². The van der Waals surface area contributed by atoms with E-state index in [2.05, 4.69) is 0 Å². The van der Waals surface area contributed by atoms with Crippen molar-refractivity contribution in [2.24, 2.45) is 0 Å². The molecule has 6 nitrogen and oxygen atoms in total. The van der Waals surface area contributed by atoms with Gasteiger partial charge in [-0.2, -0.15) is 13.2 Å². The Balaban J connectivity index is 5.94. The number of unbranched alkanes of at least 4 members (excludes halogenated alkanes) is 2. The molecule has 0 rings (SSSR count). The van der Waals surface area contributed by atoms with Crippen LogP contribution in [0.5, 0.6) is 0 Å². The molecular weight excluding hydrogens is 331 g/mol. The highest BCUT2D eigenvalue weighted by atomic mass is 19.4. The van der Waals surface area contributed by atoms with E-state index in [-0.39, 0.29) is 25.8 Å². The minimum Gasteiger partial charge on any atom is -0.481 e. The predicted molar refractivity (Wildman–Crippen MR) is 79.4 cm³/mol. The molecule has 0 aromatic heterocycles. The maximum absolute atomic E-state index is 12.9. The number of carbonyl (C=O) groups is 3. The van der Waals surface area contributed by atoms with Crippen molar-refractivity contribution in [3.8, 4) is 0 Å². The molecule has 24 heavy (non-hydrogen) atoms. The molecule has 0 spiro atoms. The summed E-state index contributed by atoms with van der Waals surface area (Å²) in [4.78, 5) is 34.8. The van der Waals surface area contributed by atoms with Gasteiger partial charge in [-0.25, -0.2) is 4.79 Å². The number of halogens is 3. The highest BCUT2D eigenvalue weighted by Crippen LogP contribution is 2.33. The lowest BCUT2D eigenvalue weighted by Gasteiger charge is -2.41. The monoisotopic (exact) mass is 355 g/mol. The Kier molecular flexibility index (Phi) is 8.77. The van der Waals surface area contributed by atoms with Gasteiger partial charge in [-0.15, -0.1) is 0 Å². The minimum absolute atomic E-state index is 0.191. The van der Waals surface area contributed by atoms with E-state index in [0.29, 0.717) is 17.7 Å². The zero-order valence-corrected chi connectivity index (χ0v) is 13.9. The molecule has 0 saturated carbocycles. The van der Waals surface area contributed by atoms with Crippen molar-refractivity contribution >= 4 is 17.8 Å². The second kappa shape index (κ2) is 9.48. The van der Waals surface area contributed by atoms with E-state index in [1.165, 1.54) is 0 Å². The fourth-order valence-electron chi connectivity index (χ4n) is 2.49. The van der Waals surface area contributed by atoms with Gasteiger partial charge in [0, 0.05) is 13.0 Å². The minimum atomic E-state index is -5.22. The van der Waals surface area contributed by atoms with Gasteiger partial charge in [0.05, 0.1) is 0 Å². The standard InChI is InChI=1S/C15H24F3NO5/c1-3-5-8-14(13(23)24,9-7-11(20)21)19(10-6-4-2)12(22)15(16,17)18/h3-10H2,1-2H3,(H,20,21)(H,23,24)/t14-/m0/s1. The van der Waals surface area contributed by atoms with Gasteiger partial charge in [0.15, 0.2) is 0 Å². The number of alkyl halides is 3. The quantitative estimate of drug-likeness (QED) is 0.594. The summed E-state index contributed by atoms with van der Waals surface area (Å²) >= 11 is 0. The molecule has 0 aromatic rings. The molecule has 0 aromatic carbocycles. The maximum atomic E-state index is 12.9. The summed E-state index contributed by atoms with van der Waals surface area (Å²) in [7, 11) is 0. The smallest absolute Gasteiger partial charge is 0.471 e. The Hall–Kier alpha value is -1.80. The fourth-order valence-corrected chi connectivity index (χ4v) is 2.49. The number of carboxylic acids is 2. The summed E-state index contributed by atoms with van der Waals surface area (Å²) in [5.41, 5.74) is -2.17. The molecule has 0 aliphatic rings. The Labute approximate surface area is 138 Å².